The second-order valence-corrected chi connectivity index (χ2v) is 3.13. The Morgan fingerprint density at radius 2 is 2.31 bits per heavy atom. The van der Waals surface area contributed by atoms with Gasteiger partial charge in [-0.25, -0.2) is 9.97 Å². The summed E-state index contributed by atoms with van der Waals surface area (Å²) in [6, 6.07) is 1.62. The van der Waals surface area contributed by atoms with Crippen molar-refractivity contribution >= 4 is 5.97 Å². The summed E-state index contributed by atoms with van der Waals surface area (Å²) in [6.07, 6.45) is 1.56. The number of aliphatic carboxylic acids is 1. The molecule has 70 valence electrons. The second kappa shape index (κ2) is 3.98. The highest BCUT2D eigenvalue weighted by atomic mass is 16.4. The third-order valence-corrected chi connectivity index (χ3v) is 1.58. The molecule has 1 N–H and O–H groups in total. The fourth-order valence-electron chi connectivity index (χ4n) is 0.945. The number of rotatable bonds is 3. The largest absolute Gasteiger partial charge is 0.481 e. The van der Waals surface area contributed by atoms with Gasteiger partial charge >= 0.3 is 5.97 Å². The number of carbonyl (C=O) groups is 1. The molecule has 0 saturated carbocycles. The molecule has 0 fully saturated rings. The Labute approximate surface area is 76.7 Å². The number of aromatic nitrogens is 2. The molecule has 0 atom stereocenters. The van der Waals surface area contributed by atoms with Gasteiger partial charge in [0.05, 0.1) is 12.1 Å². The molecule has 0 unspecified atom stereocenters. The quantitative estimate of drug-likeness (QED) is 0.759. The highest BCUT2D eigenvalue weighted by Crippen LogP contribution is 2.08. The molecule has 0 aliphatic rings. The molecule has 1 aromatic rings. The Morgan fingerprint density at radius 3 is 2.85 bits per heavy atom. The maximum Gasteiger partial charge on any atom is 0.309 e. The smallest absolute Gasteiger partial charge is 0.309 e. The van der Waals surface area contributed by atoms with Crippen molar-refractivity contribution in [1.29, 1.82) is 0 Å². The standard InChI is InChI=1S/C9H12N2O2/c1-6(2)9-10-4-3-7(11-9)5-8(12)13/h3-4,6H,5H2,1-2H3,(H,12,13). The first-order valence-electron chi connectivity index (χ1n) is 4.13. The van der Waals surface area contributed by atoms with E-state index >= 15 is 0 Å². The lowest BCUT2D eigenvalue weighted by Crippen LogP contribution is -2.05. The lowest BCUT2D eigenvalue weighted by molar-refractivity contribution is -0.136. The van der Waals surface area contributed by atoms with Gasteiger partial charge in [0.2, 0.25) is 0 Å². The Morgan fingerprint density at radius 1 is 1.62 bits per heavy atom. The third-order valence-electron chi connectivity index (χ3n) is 1.58. The summed E-state index contributed by atoms with van der Waals surface area (Å²) < 4.78 is 0. The molecule has 0 amide bonds. The van der Waals surface area contributed by atoms with Crippen LogP contribution in [0.25, 0.3) is 0 Å². The average Bonchev–Trinajstić information content (AvgIpc) is 2.03. The fraction of sp³-hybridized carbons (Fsp3) is 0.444. The predicted molar refractivity (Wildman–Crippen MR) is 47.5 cm³/mol. The molecule has 0 spiro atoms. The summed E-state index contributed by atoms with van der Waals surface area (Å²) in [6.45, 7) is 3.94. The van der Waals surface area contributed by atoms with Gasteiger partial charge in [-0.2, -0.15) is 0 Å². The van der Waals surface area contributed by atoms with Gasteiger partial charge in [-0.05, 0) is 6.07 Å². The van der Waals surface area contributed by atoms with E-state index in [-0.39, 0.29) is 12.3 Å². The van der Waals surface area contributed by atoms with Crippen LogP contribution in [-0.2, 0) is 11.2 Å². The van der Waals surface area contributed by atoms with Crippen LogP contribution in [0.2, 0.25) is 0 Å². The molecule has 1 aromatic heterocycles. The van der Waals surface area contributed by atoms with Gasteiger partial charge < -0.3 is 5.11 Å². The minimum atomic E-state index is -0.867. The van der Waals surface area contributed by atoms with E-state index in [0.717, 1.165) is 0 Å². The molecular formula is C9H12N2O2. The Kier molecular flexibility index (Phi) is 2.95. The normalized spacial score (nSPS) is 10.4. The molecule has 1 heterocycles. The van der Waals surface area contributed by atoms with E-state index in [9.17, 15) is 4.79 Å². The van der Waals surface area contributed by atoms with E-state index in [0.29, 0.717) is 11.5 Å². The van der Waals surface area contributed by atoms with Gasteiger partial charge in [-0.15, -0.1) is 0 Å². The molecule has 0 bridgehead atoms. The second-order valence-electron chi connectivity index (χ2n) is 3.13. The van der Waals surface area contributed by atoms with Crippen LogP contribution in [-0.4, -0.2) is 21.0 Å². The van der Waals surface area contributed by atoms with Crippen LogP contribution in [0.15, 0.2) is 12.3 Å². The molecule has 0 aliphatic carbocycles. The van der Waals surface area contributed by atoms with E-state index in [2.05, 4.69) is 9.97 Å². The van der Waals surface area contributed by atoms with Gasteiger partial charge in [0.15, 0.2) is 0 Å². The first-order valence-corrected chi connectivity index (χ1v) is 4.13. The van der Waals surface area contributed by atoms with E-state index in [4.69, 9.17) is 5.11 Å². The summed E-state index contributed by atoms with van der Waals surface area (Å²) in [4.78, 5) is 18.6. The zero-order chi connectivity index (χ0) is 9.84. The molecule has 0 aliphatic heterocycles. The van der Waals surface area contributed by atoms with Crippen LogP contribution in [0, 0.1) is 0 Å². The number of hydrogen-bond donors (Lipinski definition) is 1. The van der Waals surface area contributed by atoms with Crippen molar-refractivity contribution in [2.75, 3.05) is 0 Å². The molecular weight excluding hydrogens is 168 g/mol. The molecule has 13 heavy (non-hydrogen) atoms. The van der Waals surface area contributed by atoms with Crippen LogP contribution >= 0.6 is 0 Å². The SMILES string of the molecule is CC(C)c1nccc(CC(=O)O)n1. The van der Waals surface area contributed by atoms with E-state index < -0.39 is 5.97 Å². The third kappa shape index (κ3) is 2.82. The van der Waals surface area contributed by atoms with Crippen LogP contribution in [0.4, 0.5) is 0 Å². The van der Waals surface area contributed by atoms with Crippen LogP contribution in [0.1, 0.15) is 31.3 Å². The highest BCUT2D eigenvalue weighted by Gasteiger charge is 2.06. The number of carboxylic acid groups (broad SMARTS) is 1. The monoisotopic (exact) mass is 180 g/mol. The molecule has 0 aromatic carbocycles. The average molecular weight is 180 g/mol. The van der Waals surface area contributed by atoms with Crippen LogP contribution in [0.3, 0.4) is 0 Å². The molecule has 0 radical (unpaired) electrons. The van der Waals surface area contributed by atoms with Gasteiger partial charge in [0.1, 0.15) is 5.82 Å². The van der Waals surface area contributed by atoms with E-state index in [1.54, 1.807) is 12.3 Å². The first-order chi connectivity index (χ1) is 6.09. The summed E-state index contributed by atoms with van der Waals surface area (Å²) in [5, 5.41) is 8.54. The van der Waals surface area contributed by atoms with Gasteiger partial charge in [-0.3, -0.25) is 4.79 Å². The predicted octanol–water partition coefficient (Wildman–Crippen LogP) is 1.23. The van der Waals surface area contributed by atoms with Crippen molar-refractivity contribution in [2.45, 2.75) is 26.2 Å². The topological polar surface area (TPSA) is 63.1 Å². The molecule has 4 nitrogen and oxygen atoms in total. The zero-order valence-corrected chi connectivity index (χ0v) is 7.69. The molecule has 1 rings (SSSR count). The lowest BCUT2D eigenvalue weighted by Gasteiger charge is -2.03. The Hall–Kier alpha value is -1.45. The van der Waals surface area contributed by atoms with Crippen molar-refractivity contribution in [3.05, 3.63) is 23.8 Å². The minimum absolute atomic E-state index is 0.0394. The van der Waals surface area contributed by atoms with Crippen molar-refractivity contribution in [2.24, 2.45) is 0 Å². The number of nitrogens with zero attached hydrogens (tertiary/aromatic N) is 2. The fourth-order valence-corrected chi connectivity index (χ4v) is 0.945. The Bertz CT molecular complexity index is 310. The van der Waals surface area contributed by atoms with Crippen molar-refractivity contribution in [3.63, 3.8) is 0 Å². The zero-order valence-electron chi connectivity index (χ0n) is 7.69. The van der Waals surface area contributed by atoms with Crippen molar-refractivity contribution in [1.82, 2.24) is 9.97 Å². The van der Waals surface area contributed by atoms with E-state index in [1.807, 2.05) is 13.8 Å². The van der Waals surface area contributed by atoms with Crippen molar-refractivity contribution in [3.8, 4) is 0 Å². The maximum atomic E-state index is 10.4. The Balaban J connectivity index is 2.85. The molecule has 4 heteroatoms. The minimum Gasteiger partial charge on any atom is -0.481 e. The summed E-state index contributed by atoms with van der Waals surface area (Å²) in [7, 11) is 0. The van der Waals surface area contributed by atoms with Gasteiger partial charge in [-0.1, -0.05) is 13.8 Å². The maximum absolute atomic E-state index is 10.4. The highest BCUT2D eigenvalue weighted by molar-refractivity contribution is 5.69. The summed E-state index contributed by atoms with van der Waals surface area (Å²) in [5.74, 6) is 0.0564. The van der Waals surface area contributed by atoms with Crippen molar-refractivity contribution < 1.29 is 9.90 Å². The van der Waals surface area contributed by atoms with Crippen LogP contribution < -0.4 is 0 Å². The van der Waals surface area contributed by atoms with E-state index in [1.165, 1.54) is 0 Å². The molecule has 0 saturated heterocycles. The van der Waals surface area contributed by atoms with Crippen LogP contribution in [0.5, 0.6) is 0 Å². The first kappa shape index (κ1) is 9.64. The summed E-state index contributed by atoms with van der Waals surface area (Å²) >= 11 is 0. The summed E-state index contributed by atoms with van der Waals surface area (Å²) in [5.41, 5.74) is 0.561. The number of carboxylic acids is 1. The van der Waals surface area contributed by atoms with Gasteiger partial charge in [0, 0.05) is 12.1 Å². The van der Waals surface area contributed by atoms with Gasteiger partial charge in [0.25, 0.3) is 0 Å². The number of hydrogen-bond acceptors (Lipinski definition) is 3. The lowest BCUT2D eigenvalue weighted by atomic mass is 10.2.